The smallest absolute Gasteiger partial charge is 0.267 e. The second kappa shape index (κ2) is 5.21. The summed E-state index contributed by atoms with van der Waals surface area (Å²) in [6, 6.07) is 0.412. The molecular weight excluding hydrogens is 278 g/mol. The third kappa shape index (κ3) is 2.87. The molecule has 4 nitrogen and oxygen atoms in total. The Hall–Kier alpha value is -0.230. The van der Waals surface area contributed by atoms with Crippen molar-refractivity contribution in [2.24, 2.45) is 0 Å². The summed E-state index contributed by atoms with van der Waals surface area (Å²) in [5.41, 5.74) is -0.0551. The number of thioether (sulfide) groups is 1. The van der Waals surface area contributed by atoms with Crippen molar-refractivity contribution in [1.82, 2.24) is 14.8 Å². The predicted octanol–water partition coefficient (Wildman–Crippen LogP) is 2.17. The van der Waals surface area contributed by atoms with Gasteiger partial charge in [-0.2, -0.15) is 0 Å². The number of hydrogen-bond donors (Lipinski definition) is 1. The number of alkyl halides is 1. The van der Waals surface area contributed by atoms with Crippen molar-refractivity contribution in [1.29, 1.82) is 0 Å². The van der Waals surface area contributed by atoms with Crippen LogP contribution in [0.15, 0.2) is 9.95 Å². The number of nitrogens with zero attached hydrogens (tertiary/aromatic N) is 2. The van der Waals surface area contributed by atoms with Crippen LogP contribution in [0.4, 0.5) is 0 Å². The van der Waals surface area contributed by atoms with Gasteiger partial charge in [0.05, 0.1) is 0 Å². The number of aromatic amines is 1. The van der Waals surface area contributed by atoms with E-state index in [1.807, 2.05) is 0 Å². The number of H-pyrrole nitrogens is 1. The molecule has 1 saturated carbocycles. The summed E-state index contributed by atoms with van der Waals surface area (Å²) in [6.45, 7) is 0. The third-order valence-corrected chi connectivity index (χ3v) is 3.94. The van der Waals surface area contributed by atoms with Crippen LogP contribution < -0.4 is 5.69 Å². The van der Waals surface area contributed by atoms with E-state index in [0.29, 0.717) is 6.04 Å². The molecule has 84 valence electrons. The minimum absolute atomic E-state index is 0.0551. The second-order valence-electron chi connectivity index (χ2n) is 3.66. The zero-order valence-electron chi connectivity index (χ0n) is 8.41. The van der Waals surface area contributed by atoms with Gasteiger partial charge in [-0.3, -0.25) is 4.57 Å². The number of nitrogens with one attached hydrogen (secondary N) is 1. The summed E-state index contributed by atoms with van der Waals surface area (Å²) in [7, 11) is 0. The van der Waals surface area contributed by atoms with E-state index in [-0.39, 0.29) is 5.69 Å². The zero-order valence-corrected chi connectivity index (χ0v) is 10.8. The first-order valence-electron chi connectivity index (χ1n) is 5.18. The van der Waals surface area contributed by atoms with Gasteiger partial charge in [-0.05, 0) is 25.7 Å². The lowest BCUT2D eigenvalue weighted by atomic mass is 10.4. The van der Waals surface area contributed by atoms with Crippen LogP contribution in [0.2, 0.25) is 0 Å². The average molecular weight is 292 g/mol. The summed E-state index contributed by atoms with van der Waals surface area (Å²) in [6.07, 6.45) is 4.56. The Morgan fingerprint density at radius 2 is 2.33 bits per heavy atom. The Kier molecular flexibility index (Phi) is 3.91. The molecule has 0 aliphatic heterocycles. The molecule has 0 aromatic carbocycles. The van der Waals surface area contributed by atoms with Crippen molar-refractivity contribution in [3.8, 4) is 0 Å². The fourth-order valence-corrected chi connectivity index (χ4v) is 2.82. The van der Waals surface area contributed by atoms with Gasteiger partial charge in [-0.25, -0.2) is 9.89 Å². The highest BCUT2D eigenvalue weighted by Gasteiger charge is 2.28. The molecule has 1 aliphatic rings. The van der Waals surface area contributed by atoms with Crippen LogP contribution in [-0.2, 0) is 0 Å². The number of unbranched alkanes of at least 4 members (excludes halogenated alkanes) is 1. The van der Waals surface area contributed by atoms with Crippen molar-refractivity contribution < 1.29 is 0 Å². The van der Waals surface area contributed by atoms with Crippen molar-refractivity contribution >= 4 is 27.7 Å². The molecule has 1 aromatic rings. The van der Waals surface area contributed by atoms with Crippen molar-refractivity contribution in [3.05, 3.63) is 10.5 Å². The molecule has 2 rings (SSSR count). The van der Waals surface area contributed by atoms with Crippen molar-refractivity contribution in [2.75, 3.05) is 11.1 Å². The molecule has 1 heterocycles. The van der Waals surface area contributed by atoms with Gasteiger partial charge >= 0.3 is 5.69 Å². The molecule has 0 spiro atoms. The summed E-state index contributed by atoms with van der Waals surface area (Å²) < 4.78 is 1.80. The van der Waals surface area contributed by atoms with Gasteiger partial charge in [-0.15, -0.1) is 5.10 Å². The number of rotatable bonds is 6. The predicted molar refractivity (Wildman–Crippen MR) is 64.9 cm³/mol. The molecule has 6 heteroatoms. The summed E-state index contributed by atoms with van der Waals surface area (Å²) in [5.74, 6) is 1.03. The van der Waals surface area contributed by atoms with E-state index in [0.717, 1.165) is 35.5 Å². The first-order chi connectivity index (χ1) is 7.33. The lowest BCUT2D eigenvalue weighted by Gasteiger charge is -2.02. The molecule has 0 unspecified atom stereocenters. The molecule has 0 saturated heterocycles. The molecule has 0 amide bonds. The monoisotopic (exact) mass is 291 g/mol. The fraction of sp³-hybridized carbons (Fsp3) is 0.778. The van der Waals surface area contributed by atoms with E-state index >= 15 is 0 Å². The van der Waals surface area contributed by atoms with Crippen LogP contribution in [0.5, 0.6) is 0 Å². The van der Waals surface area contributed by atoms with Gasteiger partial charge in [0, 0.05) is 17.1 Å². The van der Waals surface area contributed by atoms with Gasteiger partial charge in [0.2, 0.25) is 0 Å². The maximum absolute atomic E-state index is 11.4. The van der Waals surface area contributed by atoms with Crippen LogP contribution in [-0.4, -0.2) is 25.8 Å². The molecule has 0 radical (unpaired) electrons. The van der Waals surface area contributed by atoms with E-state index in [1.54, 1.807) is 16.3 Å². The molecule has 1 fully saturated rings. The van der Waals surface area contributed by atoms with E-state index in [4.69, 9.17) is 0 Å². The first-order valence-corrected chi connectivity index (χ1v) is 7.29. The van der Waals surface area contributed by atoms with E-state index in [1.165, 1.54) is 6.42 Å². The van der Waals surface area contributed by atoms with E-state index in [9.17, 15) is 4.79 Å². The molecular formula is C9H14BrN3OS. The van der Waals surface area contributed by atoms with Gasteiger partial charge < -0.3 is 0 Å². The Labute approximate surface area is 101 Å². The maximum Gasteiger partial charge on any atom is 0.344 e. The Morgan fingerprint density at radius 1 is 1.53 bits per heavy atom. The Morgan fingerprint density at radius 3 is 3.00 bits per heavy atom. The molecule has 0 bridgehead atoms. The van der Waals surface area contributed by atoms with Gasteiger partial charge in [0.15, 0.2) is 5.16 Å². The lowest BCUT2D eigenvalue weighted by Crippen LogP contribution is -2.16. The molecule has 0 atom stereocenters. The van der Waals surface area contributed by atoms with Crippen molar-refractivity contribution in [2.45, 2.75) is 36.9 Å². The molecule has 1 aliphatic carbocycles. The van der Waals surface area contributed by atoms with Crippen LogP contribution in [0.3, 0.4) is 0 Å². The Balaban J connectivity index is 1.92. The normalized spacial score (nSPS) is 15.8. The third-order valence-electron chi connectivity index (χ3n) is 2.34. The average Bonchev–Trinajstić information content (AvgIpc) is 2.99. The standard InChI is InChI=1S/C9H14BrN3OS/c10-5-1-2-6-15-9-12-11-8(14)13(9)7-3-4-7/h7H,1-6H2,(H,11,14). The summed E-state index contributed by atoms with van der Waals surface area (Å²) in [5, 5.41) is 8.48. The van der Waals surface area contributed by atoms with Crippen LogP contribution in [0.1, 0.15) is 31.7 Å². The molecule has 1 N–H and O–H groups in total. The summed E-state index contributed by atoms with van der Waals surface area (Å²) in [4.78, 5) is 11.4. The SMILES string of the molecule is O=c1[nH]nc(SCCCCBr)n1C1CC1. The van der Waals surface area contributed by atoms with E-state index in [2.05, 4.69) is 26.1 Å². The second-order valence-corrected chi connectivity index (χ2v) is 5.51. The van der Waals surface area contributed by atoms with Gasteiger partial charge in [0.1, 0.15) is 0 Å². The van der Waals surface area contributed by atoms with Crippen LogP contribution >= 0.6 is 27.7 Å². The molecule has 1 aromatic heterocycles. The topological polar surface area (TPSA) is 50.7 Å². The summed E-state index contributed by atoms with van der Waals surface area (Å²) >= 11 is 5.08. The minimum Gasteiger partial charge on any atom is -0.267 e. The van der Waals surface area contributed by atoms with Crippen LogP contribution in [0.25, 0.3) is 0 Å². The highest BCUT2D eigenvalue weighted by Crippen LogP contribution is 2.36. The minimum atomic E-state index is -0.0551. The highest BCUT2D eigenvalue weighted by atomic mass is 79.9. The van der Waals surface area contributed by atoms with E-state index < -0.39 is 0 Å². The number of hydrogen-bond acceptors (Lipinski definition) is 3. The Bertz CT molecular complexity index is 372. The van der Waals surface area contributed by atoms with Gasteiger partial charge in [-0.1, -0.05) is 27.7 Å². The number of halogens is 1. The fourth-order valence-electron chi connectivity index (χ4n) is 1.41. The van der Waals surface area contributed by atoms with Crippen LogP contribution in [0, 0.1) is 0 Å². The number of aromatic nitrogens is 3. The quantitative estimate of drug-likeness (QED) is 0.496. The highest BCUT2D eigenvalue weighted by molar-refractivity contribution is 9.09. The largest absolute Gasteiger partial charge is 0.344 e. The van der Waals surface area contributed by atoms with Crippen molar-refractivity contribution in [3.63, 3.8) is 0 Å². The zero-order chi connectivity index (χ0) is 10.7. The first kappa shape index (κ1) is 11.3. The molecule has 15 heavy (non-hydrogen) atoms. The van der Waals surface area contributed by atoms with Gasteiger partial charge in [0.25, 0.3) is 0 Å². The lowest BCUT2D eigenvalue weighted by molar-refractivity contribution is 0.642. The maximum atomic E-state index is 11.4.